The molecule has 1 aromatic heterocycles. The number of hydrogen-bond acceptors (Lipinski definition) is 2. The summed E-state index contributed by atoms with van der Waals surface area (Å²) in [6.45, 7) is 0. The average Bonchev–Trinajstić information content (AvgIpc) is 2.19. The van der Waals surface area contributed by atoms with Crippen LogP contribution in [-0.4, -0.2) is 4.98 Å². The predicted octanol–water partition coefficient (Wildman–Crippen LogP) is 1.88. The first-order valence-electron chi connectivity index (χ1n) is 4.43. The lowest BCUT2D eigenvalue weighted by Crippen LogP contribution is -2.09. The molecule has 0 aliphatic heterocycles. The molecular weight excluding hydrogens is 160 g/mol. The fourth-order valence-corrected chi connectivity index (χ4v) is 1.20. The Bertz CT molecular complexity index is 274. The van der Waals surface area contributed by atoms with Crippen molar-refractivity contribution in [3.63, 3.8) is 0 Å². The van der Waals surface area contributed by atoms with Gasteiger partial charge in [0.15, 0.2) is 0 Å². The van der Waals surface area contributed by atoms with Crippen molar-refractivity contribution in [1.82, 2.24) is 4.98 Å². The van der Waals surface area contributed by atoms with Gasteiger partial charge in [0.1, 0.15) is 0 Å². The van der Waals surface area contributed by atoms with E-state index in [1.807, 2.05) is 12.1 Å². The average molecular weight is 174 g/mol. The molecule has 2 N–H and O–H groups in total. The maximum atomic E-state index is 5.94. The minimum atomic E-state index is 0.0938. The molecule has 1 unspecified atom stereocenters. The quantitative estimate of drug-likeness (QED) is 0.559. The number of nitrogens with two attached hydrogens (primary N) is 1. The number of pyridine rings is 1. The molecule has 1 rings (SSSR count). The van der Waals surface area contributed by atoms with E-state index in [2.05, 4.69) is 10.9 Å². The summed E-state index contributed by atoms with van der Waals surface area (Å²) in [5, 5.41) is 0. The van der Waals surface area contributed by atoms with Crippen LogP contribution >= 0.6 is 0 Å². The van der Waals surface area contributed by atoms with E-state index in [9.17, 15) is 0 Å². The van der Waals surface area contributed by atoms with Gasteiger partial charge in [-0.05, 0) is 30.5 Å². The number of rotatable bonds is 4. The van der Waals surface area contributed by atoms with Gasteiger partial charge in [0, 0.05) is 24.9 Å². The Kier molecular flexibility index (Phi) is 4.01. The number of unbranched alkanes of at least 4 members (excludes halogenated alkanes) is 1. The minimum Gasteiger partial charge on any atom is -0.324 e. The highest BCUT2D eigenvalue weighted by Crippen LogP contribution is 2.14. The Morgan fingerprint density at radius 2 is 2.15 bits per heavy atom. The fraction of sp³-hybridized carbons (Fsp3) is 0.364. The van der Waals surface area contributed by atoms with Gasteiger partial charge >= 0.3 is 0 Å². The lowest BCUT2D eigenvalue weighted by molar-refractivity contribution is 0.620. The Hall–Kier alpha value is -1.33. The van der Waals surface area contributed by atoms with Crippen LogP contribution in [0.3, 0.4) is 0 Å². The van der Waals surface area contributed by atoms with Crippen molar-refractivity contribution in [3.05, 3.63) is 30.1 Å². The first-order valence-corrected chi connectivity index (χ1v) is 4.43. The SMILES string of the molecule is C#CCCCC(N)c1ccncc1. The molecule has 1 aromatic rings. The highest BCUT2D eigenvalue weighted by atomic mass is 14.6. The van der Waals surface area contributed by atoms with E-state index in [1.165, 1.54) is 0 Å². The van der Waals surface area contributed by atoms with E-state index in [0.29, 0.717) is 0 Å². The van der Waals surface area contributed by atoms with E-state index in [0.717, 1.165) is 24.8 Å². The second kappa shape index (κ2) is 5.34. The summed E-state index contributed by atoms with van der Waals surface area (Å²) >= 11 is 0. The van der Waals surface area contributed by atoms with Gasteiger partial charge in [0.2, 0.25) is 0 Å². The first kappa shape index (κ1) is 9.76. The van der Waals surface area contributed by atoms with E-state index in [4.69, 9.17) is 12.2 Å². The van der Waals surface area contributed by atoms with Crippen molar-refractivity contribution < 1.29 is 0 Å². The van der Waals surface area contributed by atoms with E-state index >= 15 is 0 Å². The van der Waals surface area contributed by atoms with E-state index < -0.39 is 0 Å². The summed E-state index contributed by atoms with van der Waals surface area (Å²) in [5.41, 5.74) is 7.07. The molecule has 0 aromatic carbocycles. The van der Waals surface area contributed by atoms with E-state index in [-0.39, 0.29) is 6.04 Å². The summed E-state index contributed by atoms with van der Waals surface area (Å²) in [7, 11) is 0. The molecule has 0 saturated heterocycles. The number of nitrogens with zero attached hydrogens (tertiary/aromatic N) is 1. The second-order valence-corrected chi connectivity index (χ2v) is 2.98. The van der Waals surface area contributed by atoms with Gasteiger partial charge < -0.3 is 5.73 Å². The van der Waals surface area contributed by atoms with Crippen LogP contribution in [0.2, 0.25) is 0 Å². The number of hydrogen-bond donors (Lipinski definition) is 1. The number of terminal acetylenes is 1. The highest BCUT2D eigenvalue weighted by molar-refractivity contribution is 5.14. The summed E-state index contributed by atoms with van der Waals surface area (Å²) in [6, 6.07) is 3.98. The molecule has 0 bridgehead atoms. The third kappa shape index (κ3) is 3.27. The summed E-state index contributed by atoms with van der Waals surface area (Å²) < 4.78 is 0. The molecule has 0 aliphatic carbocycles. The summed E-state index contributed by atoms with van der Waals surface area (Å²) in [4.78, 5) is 3.94. The Morgan fingerprint density at radius 1 is 1.46 bits per heavy atom. The zero-order valence-corrected chi connectivity index (χ0v) is 7.61. The van der Waals surface area contributed by atoms with Crippen LogP contribution in [0.15, 0.2) is 24.5 Å². The van der Waals surface area contributed by atoms with Crippen molar-refractivity contribution in [2.24, 2.45) is 5.73 Å². The Balaban J connectivity index is 2.41. The van der Waals surface area contributed by atoms with Gasteiger partial charge in [0.05, 0.1) is 0 Å². The van der Waals surface area contributed by atoms with Crippen molar-refractivity contribution in [1.29, 1.82) is 0 Å². The molecular formula is C11H14N2. The van der Waals surface area contributed by atoms with Crippen LogP contribution in [0.1, 0.15) is 30.9 Å². The standard InChI is InChI=1S/C11H14N2/c1-2-3-4-5-11(12)10-6-8-13-9-7-10/h1,6-9,11H,3-5,12H2. The van der Waals surface area contributed by atoms with Crippen LogP contribution in [0, 0.1) is 12.3 Å². The normalized spacial score (nSPS) is 12.0. The largest absolute Gasteiger partial charge is 0.324 e. The maximum Gasteiger partial charge on any atom is 0.0296 e. The molecule has 68 valence electrons. The summed E-state index contributed by atoms with van der Waals surface area (Å²) in [6.07, 6.45) is 11.4. The van der Waals surface area contributed by atoms with Crippen LogP contribution in [-0.2, 0) is 0 Å². The van der Waals surface area contributed by atoms with Gasteiger partial charge in [-0.1, -0.05) is 0 Å². The monoisotopic (exact) mass is 174 g/mol. The second-order valence-electron chi connectivity index (χ2n) is 2.98. The van der Waals surface area contributed by atoms with Crippen LogP contribution in [0.25, 0.3) is 0 Å². The molecule has 2 heteroatoms. The zero-order chi connectivity index (χ0) is 9.52. The van der Waals surface area contributed by atoms with E-state index in [1.54, 1.807) is 12.4 Å². The Morgan fingerprint density at radius 3 is 2.77 bits per heavy atom. The molecule has 0 fully saturated rings. The third-order valence-corrected chi connectivity index (χ3v) is 1.97. The molecule has 13 heavy (non-hydrogen) atoms. The van der Waals surface area contributed by atoms with Gasteiger partial charge in [-0.2, -0.15) is 0 Å². The van der Waals surface area contributed by atoms with Gasteiger partial charge in [-0.3, -0.25) is 4.98 Å². The van der Waals surface area contributed by atoms with Crippen LogP contribution < -0.4 is 5.73 Å². The zero-order valence-electron chi connectivity index (χ0n) is 7.61. The molecule has 0 amide bonds. The van der Waals surface area contributed by atoms with Crippen LogP contribution in [0.4, 0.5) is 0 Å². The lowest BCUT2D eigenvalue weighted by Gasteiger charge is -2.09. The fourth-order valence-electron chi connectivity index (χ4n) is 1.20. The molecule has 0 saturated carbocycles. The maximum absolute atomic E-state index is 5.94. The van der Waals surface area contributed by atoms with Crippen molar-refractivity contribution in [3.8, 4) is 12.3 Å². The predicted molar refractivity (Wildman–Crippen MR) is 53.8 cm³/mol. The topological polar surface area (TPSA) is 38.9 Å². The van der Waals surface area contributed by atoms with Crippen molar-refractivity contribution in [2.75, 3.05) is 0 Å². The van der Waals surface area contributed by atoms with Gasteiger partial charge in [-0.25, -0.2) is 0 Å². The Labute approximate surface area is 79.2 Å². The van der Waals surface area contributed by atoms with Gasteiger partial charge in [0.25, 0.3) is 0 Å². The first-order chi connectivity index (χ1) is 6.34. The molecule has 1 heterocycles. The van der Waals surface area contributed by atoms with Crippen molar-refractivity contribution >= 4 is 0 Å². The molecule has 0 aliphatic rings. The lowest BCUT2D eigenvalue weighted by atomic mass is 10.0. The molecule has 2 nitrogen and oxygen atoms in total. The van der Waals surface area contributed by atoms with Gasteiger partial charge in [-0.15, -0.1) is 12.3 Å². The van der Waals surface area contributed by atoms with Crippen LogP contribution in [0.5, 0.6) is 0 Å². The third-order valence-electron chi connectivity index (χ3n) is 1.97. The smallest absolute Gasteiger partial charge is 0.0296 e. The van der Waals surface area contributed by atoms with Crippen molar-refractivity contribution in [2.45, 2.75) is 25.3 Å². The summed E-state index contributed by atoms with van der Waals surface area (Å²) in [5.74, 6) is 2.61. The minimum absolute atomic E-state index is 0.0938. The number of aromatic nitrogens is 1. The molecule has 0 spiro atoms. The molecule has 0 radical (unpaired) electrons. The highest BCUT2D eigenvalue weighted by Gasteiger charge is 2.03. The molecule has 1 atom stereocenters.